The molecule has 114 valence electrons. The Morgan fingerprint density at radius 3 is 2.81 bits per heavy atom. The molecule has 2 fully saturated rings. The van der Waals surface area contributed by atoms with Gasteiger partial charge in [0.2, 0.25) is 11.9 Å². The van der Waals surface area contributed by atoms with Crippen molar-refractivity contribution in [1.82, 2.24) is 0 Å². The molecule has 3 rings (SSSR count). The molecular formula is C14H18N2O5. The molecule has 0 aromatic carbocycles. The minimum Gasteiger partial charge on any atom is -0.462 e. The molecule has 1 amide bonds. The molecule has 0 aromatic heterocycles. The van der Waals surface area contributed by atoms with E-state index < -0.39 is 23.8 Å². The number of primary amides is 1. The summed E-state index contributed by atoms with van der Waals surface area (Å²) in [6.07, 6.45) is 2.77. The number of carbonyl (C=O) groups excluding carboxylic acids is 2. The first-order valence-corrected chi connectivity index (χ1v) is 7.24. The minimum absolute atomic E-state index is 0.0862. The maximum absolute atomic E-state index is 11.9. The Balaban J connectivity index is 1.98. The third-order valence-corrected chi connectivity index (χ3v) is 5.16. The third kappa shape index (κ3) is 2.11. The number of rotatable bonds is 2. The zero-order valence-electron chi connectivity index (χ0n) is 11.7. The molecular weight excluding hydrogens is 276 g/mol. The number of hydrogen-bond acceptors (Lipinski definition) is 5. The molecule has 2 N–H and O–H groups in total. The quantitative estimate of drug-likeness (QED) is 0.348. The fourth-order valence-corrected chi connectivity index (χ4v) is 4.24. The van der Waals surface area contributed by atoms with Gasteiger partial charge in [0.05, 0.1) is 11.8 Å². The number of nitro groups is 1. The summed E-state index contributed by atoms with van der Waals surface area (Å²) in [4.78, 5) is 34.5. The largest absolute Gasteiger partial charge is 0.462 e. The van der Waals surface area contributed by atoms with Crippen molar-refractivity contribution < 1.29 is 19.2 Å². The molecule has 1 aliphatic heterocycles. The fraction of sp³-hybridized carbons (Fsp3) is 0.714. The summed E-state index contributed by atoms with van der Waals surface area (Å²) in [5.74, 6) is -2.08. The van der Waals surface area contributed by atoms with Crippen molar-refractivity contribution in [3.63, 3.8) is 0 Å². The molecule has 3 aliphatic rings. The lowest BCUT2D eigenvalue weighted by Crippen LogP contribution is -2.46. The van der Waals surface area contributed by atoms with Gasteiger partial charge in [0, 0.05) is 23.7 Å². The SMILES string of the molecule is C[C@H]1OC(=O)[C@H]2C=C3CC([N+](=O)[O-])CC[C@H]3[C@H](C(N)=O)[C@@H]21. The van der Waals surface area contributed by atoms with E-state index in [9.17, 15) is 19.7 Å². The van der Waals surface area contributed by atoms with Crippen molar-refractivity contribution in [2.75, 3.05) is 0 Å². The highest BCUT2D eigenvalue weighted by atomic mass is 16.6. The van der Waals surface area contributed by atoms with Gasteiger partial charge in [-0.25, -0.2) is 0 Å². The number of esters is 1. The smallest absolute Gasteiger partial charge is 0.313 e. The second-order valence-corrected chi connectivity index (χ2v) is 6.24. The Morgan fingerprint density at radius 1 is 1.48 bits per heavy atom. The summed E-state index contributed by atoms with van der Waals surface area (Å²) in [7, 11) is 0. The van der Waals surface area contributed by atoms with Crippen molar-refractivity contribution in [3.8, 4) is 0 Å². The maximum Gasteiger partial charge on any atom is 0.313 e. The van der Waals surface area contributed by atoms with Gasteiger partial charge in [-0.2, -0.15) is 0 Å². The number of cyclic esters (lactones) is 1. The number of fused-ring (bicyclic) bond motifs is 2. The van der Waals surface area contributed by atoms with Crippen LogP contribution in [0.1, 0.15) is 26.2 Å². The van der Waals surface area contributed by atoms with Crippen LogP contribution in [0.2, 0.25) is 0 Å². The molecule has 7 heteroatoms. The van der Waals surface area contributed by atoms with Crippen LogP contribution in [-0.2, 0) is 14.3 Å². The number of hydrogen-bond donors (Lipinski definition) is 1. The second kappa shape index (κ2) is 4.82. The van der Waals surface area contributed by atoms with Crippen molar-refractivity contribution in [2.24, 2.45) is 29.4 Å². The summed E-state index contributed by atoms with van der Waals surface area (Å²) in [5, 5.41) is 11.0. The molecule has 1 saturated heterocycles. The summed E-state index contributed by atoms with van der Waals surface area (Å²) >= 11 is 0. The Hall–Kier alpha value is -1.92. The Bertz CT molecular complexity index is 543. The lowest BCUT2D eigenvalue weighted by atomic mass is 9.62. The van der Waals surface area contributed by atoms with E-state index in [1.165, 1.54) is 0 Å². The van der Waals surface area contributed by atoms with E-state index in [0.29, 0.717) is 19.3 Å². The second-order valence-electron chi connectivity index (χ2n) is 6.24. The van der Waals surface area contributed by atoms with Gasteiger partial charge in [-0.05, 0) is 19.3 Å². The minimum atomic E-state index is -0.632. The number of carbonyl (C=O) groups is 2. The van der Waals surface area contributed by atoms with Crippen LogP contribution in [0.3, 0.4) is 0 Å². The monoisotopic (exact) mass is 294 g/mol. The molecule has 1 saturated carbocycles. The first-order valence-electron chi connectivity index (χ1n) is 7.24. The molecule has 6 atom stereocenters. The highest BCUT2D eigenvalue weighted by molar-refractivity contribution is 5.83. The van der Waals surface area contributed by atoms with E-state index in [4.69, 9.17) is 10.5 Å². The van der Waals surface area contributed by atoms with Crippen molar-refractivity contribution in [3.05, 3.63) is 21.8 Å². The molecule has 1 unspecified atom stereocenters. The molecule has 0 spiro atoms. The first kappa shape index (κ1) is 14.0. The molecule has 0 radical (unpaired) electrons. The molecule has 21 heavy (non-hydrogen) atoms. The van der Waals surface area contributed by atoms with Crippen LogP contribution in [0.15, 0.2) is 11.6 Å². The van der Waals surface area contributed by atoms with Crippen molar-refractivity contribution >= 4 is 11.9 Å². The van der Waals surface area contributed by atoms with E-state index in [-0.39, 0.29) is 28.8 Å². The van der Waals surface area contributed by atoms with Gasteiger partial charge in [-0.1, -0.05) is 11.6 Å². The van der Waals surface area contributed by atoms with Gasteiger partial charge < -0.3 is 10.5 Å². The average molecular weight is 294 g/mol. The van der Waals surface area contributed by atoms with Crippen molar-refractivity contribution in [2.45, 2.75) is 38.3 Å². The lowest BCUT2D eigenvalue weighted by Gasteiger charge is -2.40. The van der Waals surface area contributed by atoms with E-state index in [1.54, 1.807) is 13.0 Å². The molecule has 2 aliphatic carbocycles. The zero-order valence-corrected chi connectivity index (χ0v) is 11.7. The van der Waals surface area contributed by atoms with Crippen LogP contribution in [-0.4, -0.2) is 28.9 Å². The molecule has 0 bridgehead atoms. The average Bonchev–Trinajstić information content (AvgIpc) is 2.70. The van der Waals surface area contributed by atoms with E-state index in [2.05, 4.69) is 0 Å². The molecule has 0 aromatic rings. The highest BCUT2D eigenvalue weighted by Gasteiger charge is 2.54. The highest BCUT2D eigenvalue weighted by Crippen LogP contribution is 2.49. The first-order chi connectivity index (χ1) is 9.90. The van der Waals surface area contributed by atoms with Crippen LogP contribution in [0.4, 0.5) is 0 Å². The summed E-state index contributed by atoms with van der Waals surface area (Å²) in [5.41, 5.74) is 6.40. The zero-order chi connectivity index (χ0) is 15.3. The van der Waals surface area contributed by atoms with E-state index in [1.807, 2.05) is 0 Å². The summed E-state index contributed by atoms with van der Waals surface area (Å²) < 4.78 is 5.24. The van der Waals surface area contributed by atoms with Gasteiger partial charge in [0.15, 0.2) is 0 Å². The number of ether oxygens (including phenoxy) is 1. The Morgan fingerprint density at radius 2 is 2.19 bits per heavy atom. The lowest BCUT2D eigenvalue weighted by molar-refractivity contribution is -0.524. The number of amides is 1. The topological polar surface area (TPSA) is 113 Å². The number of nitrogens with zero attached hydrogens (tertiary/aromatic N) is 1. The standard InChI is InChI=1S/C14H18N2O5/c1-6-11-10(14(18)21-6)5-7-4-8(16(19)20)2-3-9(7)12(11)13(15)17/h5-6,8-12H,2-4H2,1H3,(H2,15,17)/t6-,8?,9-,10+,11-,12+/m1/s1. The maximum atomic E-state index is 11.9. The Kier molecular flexibility index (Phi) is 3.22. The number of nitrogens with two attached hydrogens (primary N) is 1. The molecule has 1 heterocycles. The molecule has 7 nitrogen and oxygen atoms in total. The summed E-state index contributed by atoms with van der Waals surface area (Å²) in [6, 6.07) is -0.632. The van der Waals surface area contributed by atoms with Crippen LogP contribution in [0.25, 0.3) is 0 Å². The normalized spacial score (nSPS) is 41.6. The predicted octanol–water partition coefficient (Wildman–Crippen LogP) is 0.651. The van der Waals surface area contributed by atoms with Gasteiger partial charge in [-0.3, -0.25) is 19.7 Å². The third-order valence-electron chi connectivity index (χ3n) is 5.16. The van der Waals surface area contributed by atoms with E-state index >= 15 is 0 Å². The van der Waals surface area contributed by atoms with Crippen LogP contribution in [0, 0.1) is 33.8 Å². The van der Waals surface area contributed by atoms with E-state index in [0.717, 1.165) is 5.57 Å². The van der Waals surface area contributed by atoms with Gasteiger partial charge >= 0.3 is 5.97 Å². The van der Waals surface area contributed by atoms with Gasteiger partial charge in [-0.15, -0.1) is 0 Å². The van der Waals surface area contributed by atoms with Gasteiger partial charge in [0.1, 0.15) is 6.10 Å². The van der Waals surface area contributed by atoms with Gasteiger partial charge in [0.25, 0.3) is 0 Å². The Labute approximate surface area is 121 Å². The van der Waals surface area contributed by atoms with Crippen LogP contribution < -0.4 is 5.73 Å². The predicted molar refractivity (Wildman–Crippen MR) is 71.4 cm³/mol. The van der Waals surface area contributed by atoms with Crippen molar-refractivity contribution in [1.29, 1.82) is 0 Å². The van der Waals surface area contributed by atoms with Crippen LogP contribution >= 0.6 is 0 Å². The van der Waals surface area contributed by atoms with Crippen LogP contribution in [0.5, 0.6) is 0 Å². The fourth-order valence-electron chi connectivity index (χ4n) is 4.24. The summed E-state index contributed by atoms with van der Waals surface area (Å²) in [6.45, 7) is 1.78.